The summed E-state index contributed by atoms with van der Waals surface area (Å²) < 4.78 is 0. The van der Waals surface area contributed by atoms with Crippen molar-refractivity contribution in [3.05, 3.63) is 60.7 Å². The molecule has 0 amide bonds. The maximum atomic E-state index is 3.15. The van der Waals surface area contributed by atoms with Gasteiger partial charge < -0.3 is 27.0 Å². The normalized spacial score (nSPS) is 10.9. The summed E-state index contributed by atoms with van der Waals surface area (Å²) in [6.07, 6.45) is 6.24. The molecule has 9 heteroatoms. The third-order valence-electron chi connectivity index (χ3n) is 9.05. The zero-order valence-corrected chi connectivity index (χ0v) is 42.7. The zero-order chi connectivity index (χ0) is 34.0. The van der Waals surface area contributed by atoms with Crippen molar-refractivity contribution in [3.8, 4) is 11.1 Å². The molecule has 0 saturated carbocycles. The van der Waals surface area contributed by atoms with Crippen LogP contribution in [0, 0.1) is 12.1 Å². The molecule has 2 aromatic carbocycles. The maximum Gasteiger partial charge on any atom is 2.00 e. The molecule has 0 aliphatic heterocycles. The molecule has 0 aliphatic rings. The first-order valence-electron chi connectivity index (χ1n) is 17.9. The second kappa shape index (κ2) is 36.0. The predicted molar refractivity (Wildman–Crippen MR) is 241 cm³/mol. The first kappa shape index (κ1) is 63.3. The minimum Gasteiger partial charge on any atom is -0.813 e. The van der Waals surface area contributed by atoms with Crippen molar-refractivity contribution in [2.24, 2.45) is 0 Å². The topological polar surface area (TPSA) is 0 Å². The van der Waals surface area contributed by atoms with Crippen LogP contribution >= 0.6 is 31.7 Å². The van der Waals surface area contributed by atoms with Gasteiger partial charge in [0.15, 0.2) is 0 Å². The van der Waals surface area contributed by atoms with Gasteiger partial charge in [0.25, 0.3) is 0 Å². The van der Waals surface area contributed by atoms with Crippen molar-refractivity contribution in [2.45, 2.75) is 156 Å². The van der Waals surface area contributed by atoms with Crippen LogP contribution < -0.4 is 0 Å². The van der Waals surface area contributed by atoms with E-state index in [9.17, 15) is 0 Å². The number of rotatable bonds is 15. The van der Waals surface area contributed by atoms with Crippen LogP contribution in [0.25, 0.3) is 11.1 Å². The standard InChI is InChI=1S/2C14H32P2.C12H8.3Ni.2H2S/c2*1-11(2)15(12(3)4)9-10-16(13(5)6)14(7)8;1-3-7-11(8-4-1)12-9-5-2-6-10-12;;;;;/h2*11-14H,9-10H2,1-8H3;1-7,9H;;;;2*1H2/q;;-2;;;+2;;/p+2. The van der Waals surface area contributed by atoms with Gasteiger partial charge in [-0.3, -0.25) is 0 Å². The molecule has 0 heterocycles. The SMILES string of the molecule is CC(C)[PH+](CC[PH+](C(C)C)C(C)C)C(C)C.CC(C)[PH+](CC[PH+](C(C)C)C(C)C)C(C)C.[Ni+2].[Ni].[Ni].[SH-].[SH-].[c-]1ccccc1-c1[c-]cccc1. The Balaban J connectivity index is -0.000000135. The van der Waals surface area contributed by atoms with Crippen LogP contribution in [0.1, 0.15) is 111 Å². The maximum absolute atomic E-state index is 3.15. The molecule has 2 rings (SSSR count). The Hall–Kier alpha value is 2.34. The molecule has 0 atom stereocenters. The van der Waals surface area contributed by atoms with Gasteiger partial charge >= 0.3 is 16.5 Å². The summed E-state index contributed by atoms with van der Waals surface area (Å²) in [6, 6.07) is 22.1. The van der Waals surface area contributed by atoms with Crippen molar-refractivity contribution in [3.63, 3.8) is 0 Å². The smallest absolute Gasteiger partial charge is 0.813 e. The van der Waals surface area contributed by atoms with E-state index in [-0.39, 0.29) is 108 Å². The third-order valence-corrected chi connectivity index (χ3v) is 25.2. The first-order chi connectivity index (χ1) is 20.5. The van der Waals surface area contributed by atoms with Gasteiger partial charge in [-0.25, -0.2) is 11.1 Å². The van der Waals surface area contributed by atoms with E-state index in [4.69, 9.17) is 0 Å². The van der Waals surface area contributed by atoms with E-state index in [1.165, 1.54) is 0 Å². The Labute approximate surface area is 357 Å². The van der Waals surface area contributed by atoms with E-state index < -0.39 is 0 Å². The van der Waals surface area contributed by atoms with Gasteiger partial charge in [-0.05, 0) is 111 Å². The number of hydrogen-bond donors (Lipinski definition) is 0. The van der Waals surface area contributed by atoms with Crippen molar-refractivity contribution in [2.75, 3.05) is 24.6 Å². The minimum absolute atomic E-state index is 0. The van der Waals surface area contributed by atoms with E-state index in [1.807, 2.05) is 48.5 Å². The van der Waals surface area contributed by atoms with E-state index in [1.54, 1.807) is 24.6 Å². The molecule has 0 aromatic heterocycles. The average molecular weight is 923 g/mol. The molecule has 0 N–H and O–H groups in total. The number of benzene rings is 2. The summed E-state index contributed by atoms with van der Waals surface area (Å²) in [6.45, 7) is 39.0. The van der Waals surface area contributed by atoms with Crippen molar-refractivity contribution >= 4 is 58.7 Å². The van der Waals surface area contributed by atoms with Gasteiger partial charge in [0, 0.05) is 64.7 Å². The van der Waals surface area contributed by atoms with Crippen molar-refractivity contribution < 1.29 is 49.5 Å². The van der Waals surface area contributed by atoms with Crippen LogP contribution in [-0.4, -0.2) is 69.9 Å². The molecule has 0 unspecified atom stereocenters. The number of thiol groups is 2. The van der Waals surface area contributed by atoms with Crippen LogP contribution in [-0.2, 0) is 76.5 Å². The monoisotopic (exact) mass is 920 g/mol. The van der Waals surface area contributed by atoms with Crippen LogP contribution in [0.3, 0.4) is 0 Å². The molecule has 298 valence electrons. The van der Waals surface area contributed by atoms with E-state index in [2.05, 4.69) is 123 Å². The molecule has 2 aromatic rings. The fourth-order valence-electron chi connectivity index (χ4n) is 6.68. The summed E-state index contributed by atoms with van der Waals surface area (Å²) in [7, 11) is -0.458. The molecule has 49 heavy (non-hydrogen) atoms. The van der Waals surface area contributed by atoms with Gasteiger partial charge in [-0.15, -0.1) is 12.1 Å². The summed E-state index contributed by atoms with van der Waals surface area (Å²) in [4.78, 5) is 0. The summed E-state index contributed by atoms with van der Waals surface area (Å²) in [5.74, 6) is 0. The van der Waals surface area contributed by atoms with Crippen LogP contribution in [0.15, 0.2) is 48.5 Å². The Morgan fingerprint density at radius 3 is 0.694 bits per heavy atom. The molecule has 0 spiro atoms. The van der Waals surface area contributed by atoms with Gasteiger partial charge in [0.05, 0.1) is 69.9 Å². The Kier molecular flexibility index (Phi) is 46.5. The Bertz CT molecular complexity index is 798. The van der Waals surface area contributed by atoms with Crippen molar-refractivity contribution in [1.82, 2.24) is 0 Å². The van der Waals surface area contributed by atoms with Gasteiger partial charge in [0.2, 0.25) is 0 Å². The molecule has 0 fully saturated rings. The van der Waals surface area contributed by atoms with E-state index in [0.717, 1.165) is 56.4 Å². The number of hydrogen-bond acceptors (Lipinski definition) is 2. The molecule has 0 aliphatic carbocycles. The first-order valence-corrected chi connectivity index (χ1v) is 25.3. The molecule has 0 saturated heterocycles. The molecule has 0 nitrogen and oxygen atoms in total. The zero-order valence-electron chi connectivity index (χ0n) is 33.9. The molecular formula is C40H78Ni3P4S2+2. The fraction of sp³-hybridized carbons (Fsp3) is 0.700. The van der Waals surface area contributed by atoms with Crippen LogP contribution in [0.4, 0.5) is 0 Å². The summed E-state index contributed by atoms with van der Waals surface area (Å²) in [5, 5.41) is 0. The largest absolute Gasteiger partial charge is 2.00 e. The fourth-order valence-corrected chi connectivity index (χ4v) is 21.2. The average Bonchev–Trinajstić information content (AvgIpc) is 2.93. The van der Waals surface area contributed by atoms with Crippen LogP contribution in [0.5, 0.6) is 0 Å². The van der Waals surface area contributed by atoms with E-state index >= 15 is 0 Å². The quantitative estimate of drug-likeness (QED) is 0.0574. The minimum atomic E-state index is -0.114. The third kappa shape index (κ3) is 28.4. The molecule has 0 radical (unpaired) electrons. The molecule has 0 bridgehead atoms. The predicted octanol–water partition coefficient (Wildman–Crippen LogP) is 12.5. The van der Waals surface area contributed by atoms with Gasteiger partial charge in [-0.1, -0.05) is 0 Å². The van der Waals surface area contributed by atoms with Crippen molar-refractivity contribution in [1.29, 1.82) is 0 Å². The molecular weight excluding hydrogens is 845 g/mol. The summed E-state index contributed by atoms with van der Waals surface area (Å²) >= 11 is 0. The van der Waals surface area contributed by atoms with Crippen LogP contribution in [0.2, 0.25) is 0 Å². The second-order valence-electron chi connectivity index (χ2n) is 15.1. The Morgan fingerprint density at radius 2 is 0.571 bits per heavy atom. The van der Waals surface area contributed by atoms with Gasteiger partial charge in [0.1, 0.15) is 0 Å². The Morgan fingerprint density at radius 1 is 0.388 bits per heavy atom. The van der Waals surface area contributed by atoms with Gasteiger partial charge in [-0.2, -0.15) is 48.5 Å². The second-order valence-corrected chi connectivity index (χ2v) is 30.9. The van der Waals surface area contributed by atoms with E-state index in [0.29, 0.717) is 0 Å². The summed E-state index contributed by atoms with van der Waals surface area (Å²) in [5.41, 5.74) is 9.80.